The minimum Gasteiger partial charge on any atom is -0.336 e. The van der Waals surface area contributed by atoms with Gasteiger partial charge in [-0.05, 0) is 38.3 Å². The molecule has 2 aromatic heterocycles. The molecule has 1 fully saturated rings. The van der Waals surface area contributed by atoms with Crippen molar-refractivity contribution in [2.24, 2.45) is 0 Å². The summed E-state index contributed by atoms with van der Waals surface area (Å²) in [6, 6.07) is 6.08. The van der Waals surface area contributed by atoms with Crippen molar-refractivity contribution in [1.82, 2.24) is 30.0 Å². The Labute approximate surface area is 169 Å². The Kier molecular flexibility index (Phi) is 5.17. The highest BCUT2D eigenvalue weighted by molar-refractivity contribution is 5.95. The van der Waals surface area contributed by atoms with Gasteiger partial charge in [-0.3, -0.25) is 4.79 Å². The van der Waals surface area contributed by atoms with E-state index in [-0.39, 0.29) is 17.9 Å². The summed E-state index contributed by atoms with van der Waals surface area (Å²) in [6.45, 7) is 9.37. The van der Waals surface area contributed by atoms with Crippen molar-refractivity contribution >= 4 is 5.91 Å². The molecule has 4 rings (SSSR count). The number of rotatable bonds is 4. The number of carbonyl (C=O) groups is 1. The Morgan fingerprint density at radius 1 is 1.28 bits per heavy atom. The van der Waals surface area contributed by atoms with E-state index >= 15 is 0 Å². The van der Waals surface area contributed by atoms with E-state index in [0.717, 1.165) is 36.1 Å². The molecule has 0 bridgehead atoms. The number of aryl methyl sites for hydroxylation is 2. The van der Waals surface area contributed by atoms with Crippen molar-refractivity contribution in [1.29, 1.82) is 0 Å². The zero-order chi connectivity index (χ0) is 20.5. The van der Waals surface area contributed by atoms with Crippen LogP contribution in [0.3, 0.4) is 0 Å². The molecule has 0 N–H and O–H groups in total. The van der Waals surface area contributed by atoms with Gasteiger partial charge in [0.1, 0.15) is 0 Å². The topological polar surface area (TPSA) is 89.9 Å². The average molecular weight is 394 g/mol. The van der Waals surface area contributed by atoms with Crippen molar-refractivity contribution in [2.75, 3.05) is 13.1 Å². The lowest BCUT2D eigenvalue weighted by atomic mass is 10.0. The summed E-state index contributed by atoms with van der Waals surface area (Å²) < 4.78 is 7.13. The highest BCUT2D eigenvalue weighted by Crippen LogP contribution is 2.25. The van der Waals surface area contributed by atoms with E-state index in [1.807, 2.05) is 61.7 Å². The number of carbonyl (C=O) groups excluding carboxylic acids is 1. The van der Waals surface area contributed by atoms with Crippen LogP contribution in [0.15, 0.2) is 28.9 Å². The second-order valence-electron chi connectivity index (χ2n) is 8.06. The fraction of sp³-hybridized carbons (Fsp3) is 0.476. The SMILES string of the molecule is Cc1ccc(C)c(C(=O)N2CCC[C@@H](n3cc(-c4nc(C(C)C)no4)nn3)C2)c1. The van der Waals surface area contributed by atoms with Crippen LogP contribution in [0.1, 0.15) is 66.0 Å². The number of hydrogen-bond donors (Lipinski definition) is 0. The summed E-state index contributed by atoms with van der Waals surface area (Å²) in [4.78, 5) is 19.4. The summed E-state index contributed by atoms with van der Waals surface area (Å²) in [7, 11) is 0. The first-order chi connectivity index (χ1) is 13.9. The summed E-state index contributed by atoms with van der Waals surface area (Å²) in [5.41, 5.74) is 3.43. The highest BCUT2D eigenvalue weighted by Gasteiger charge is 2.27. The number of aromatic nitrogens is 5. The molecule has 29 heavy (non-hydrogen) atoms. The molecule has 8 heteroatoms. The second-order valence-corrected chi connectivity index (χ2v) is 8.06. The normalized spacial score (nSPS) is 17.1. The lowest BCUT2D eigenvalue weighted by Crippen LogP contribution is -2.41. The van der Waals surface area contributed by atoms with Crippen LogP contribution in [-0.4, -0.2) is 49.0 Å². The van der Waals surface area contributed by atoms with Gasteiger partial charge in [0.2, 0.25) is 0 Å². The highest BCUT2D eigenvalue weighted by atomic mass is 16.5. The molecule has 1 saturated heterocycles. The largest absolute Gasteiger partial charge is 0.336 e. The first-order valence-electron chi connectivity index (χ1n) is 10.0. The third-order valence-corrected chi connectivity index (χ3v) is 5.37. The van der Waals surface area contributed by atoms with Crippen molar-refractivity contribution in [3.05, 3.63) is 46.9 Å². The van der Waals surface area contributed by atoms with Gasteiger partial charge in [0, 0.05) is 24.6 Å². The zero-order valence-electron chi connectivity index (χ0n) is 17.3. The van der Waals surface area contributed by atoms with Gasteiger partial charge in [-0.15, -0.1) is 5.10 Å². The number of amides is 1. The third-order valence-electron chi connectivity index (χ3n) is 5.37. The lowest BCUT2D eigenvalue weighted by Gasteiger charge is -2.33. The van der Waals surface area contributed by atoms with Gasteiger partial charge in [0.15, 0.2) is 11.5 Å². The Hall–Kier alpha value is -3.03. The fourth-order valence-corrected chi connectivity index (χ4v) is 3.62. The quantitative estimate of drug-likeness (QED) is 0.672. The Morgan fingerprint density at radius 2 is 2.10 bits per heavy atom. The van der Waals surface area contributed by atoms with Gasteiger partial charge in [-0.25, -0.2) is 4.68 Å². The Bertz CT molecular complexity index is 1020. The molecule has 1 atom stereocenters. The van der Waals surface area contributed by atoms with Crippen LogP contribution in [0.2, 0.25) is 0 Å². The molecule has 1 amide bonds. The van der Waals surface area contributed by atoms with Crippen LogP contribution in [0.25, 0.3) is 11.6 Å². The first-order valence-corrected chi connectivity index (χ1v) is 10.0. The second kappa shape index (κ2) is 7.77. The first kappa shape index (κ1) is 19.3. The monoisotopic (exact) mass is 394 g/mol. The molecule has 3 aromatic rings. The van der Waals surface area contributed by atoms with Gasteiger partial charge >= 0.3 is 0 Å². The van der Waals surface area contributed by atoms with E-state index < -0.39 is 0 Å². The van der Waals surface area contributed by atoms with Crippen molar-refractivity contribution in [2.45, 2.75) is 52.5 Å². The number of hydrogen-bond acceptors (Lipinski definition) is 6. The molecule has 3 heterocycles. The molecule has 152 valence electrons. The van der Waals surface area contributed by atoms with Crippen LogP contribution in [-0.2, 0) is 0 Å². The fourth-order valence-electron chi connectivity index (χ4n) is 3.62. The number of benzene rings is 1. The number of nitrogens with zero attached hydrogens (tertiary/aromatic N) is 6. The smallest absolute Gasteiger partial charge is 0.280 e. The van der Waals surface area contributed by atoms with Gasteiger partial charge in [0.25, 0.3) is 11.8 Å². The Morgan fingerprint density at radius 3 is 2.86 bits per heavy atom. The number of piperidine rings is 1. The predicted octanol–water partition coefficient (Wildman–Crippen LogP) is 3.55. The van der Waals surface area contributed by atoms with Crippen LogP contribution in [0, 0.1) is 13.8 Å². The standard InChI is InChI=1S/C21H26N6O2/c1-13(2)19-22-20(29-24-19)18-12-27(25-23-18)16-6-5-9-26(11-16)21(28)17-10-14(3)7-8-15(17)4/h7-8,10,12-13,16H,5-6,9,11H2,1-4H3/t16-/m1/s1. The third kappa shape index (κ3) is 3.92. The van der Waals surface area contributed by atoms with Crippen LogP contribution in [0.4, 0.5) is 0 Å². The van der Waals surface area contributed by atoms with Crippen LogP contribution in [0.5, 0.6) is 0 Å². The minimum absolute atomic E-state index is 0.0755. The van der Waals surface area contributed by atoms with Crippen molar-refractivity contribution in [3.8, 4) is 11.6 Å². The van der Waals surface area contributed by atoms with Crippen LogP contribution >= 0.6 is 0 Å². The molecular weight excluding hydrogens is 368 g/mol. The molecule has 8 nitrogen and oxygen atoms in total. The van der Waals surface area contributed by atoms with E-state index in [1.165, 1.54) is 0 Å². The predicted molar refractivity (Wildman–Crippen MR) is 107 cm³/mol. The molecule has 1 aromatic carbocycles. The molecule has 1 aliphatic heterocycles. The maximum absolute atomic E-state index is 13.1. The van der Waals surface area contributed by atoms with Crippen LogP contribution < -0.4 is 0 Å². The van der Waals surface area contributed by atoms with Gasteiger partial charge in [0.05, 0.1) is 12.2 Å². The molecule has 0 spiro atoms. The van der Waals surface area contributed by atoms with Gasteiger partial charge in [-0.1, -0.05) is 41.9 Å². The molecule has 0 radical (unpaired) electrons. The lowest BCUT2D eigenvalue weighted by molar-refractivity contribution is 0.0671. The molecule has 0 unspecified atom stereocenters. The number of likely N-dealkylation sites (tertiary alicyclic amines) is 1. The summed E-state index contributed by atoms with van der Waals surface area (Å²) in [6.07, 6.45) is 3.70. The summed E-state index contributed by atoms with van der Waals surface area (Å²) >= 11 is 0. The maximum atomic E-state index is 13.1. The molecule has 0 saturated carbocycles. The van der Waals surface area contributed by atoms with Gasteiger partial charge < -0.3 is 9.42 Å². The summed E-state index contributed by atoms with van der Waals surface area (Å²) in [5.74, 6) is 1.29. The molecular formula is C21H26N6O2. The van der Waals surface area contributed by atoms with E-state index in [2.05, 4.69) is 20.5 Å². The van der Waals surface area contributed by atoms with E-state index in [4.69, 9.17) is 4.52 Å². The van der Waals surface area contributed by atoms with E-state index in [0.29, 0.717) is 24.0 Å². The Balaban J connectivity index is 1.51. The van der Waals surface area contributed by atoms with Crippen molar-refractivity contribution in [3.63, 3.8) is 0 Å². The van der Waals surface area contributed by atoms with Crippen molar-refractivity contribution < 1.29 is 9.32 Å². The average Bonchev–Trinajstić information content (AvgIpc) is 3.39. The van der Waals surface area contributed by atoms with E-state index in [1.54, 1.807) is 0 Å². The molecule has 1 aliphatic rings. The zero-order valence-corrected chi connectivity index (χ0v) is 17.3. The summed E-state index contributed by atoms with van der Waals surface area (Å²) in [5, 5.41) is 12.5. The minimum atomic E-state index is 0.0755. The van der Waals surface area contributed by atoms with E-state index in [9.17, 15) is 4.79 Å². The maximum Gasteiger partial charge on any atom is 0.280 e. The molecule has 0 aliphatic carbocycles. The van der Waals surface area contributed by atoms with Gasteiger partial charge in [-0.2, -0.15) is 4.98 Å².